The van der Waals surface area contributed by atoms with Gasteiger partial charge in [0.25, 0.3) is 11.8 Å². The van der Waals surface area contributed by atoms with Crippen molar-refractivity contribution >= 4 is 21.9 Å². The minimum atomic E-state index is -3.71. The van der Waals surface area contributed by atoms with Crippen molar-refractivity contribution in [1.82, 2.24) is 14.5 Å². The van der Waals surface area contributed by atoms with Crippen molar-refractivity contribution in [1.29, 1.82) is 0 Å². The highest BCUT2D eigenvalue weighted by molar-refractivity contribution is 7.89. The van der Waals surface area contributed by atoms with Crippen LogP contribution in [0, 0.1) is 0 Å². The number of nitrogens with zero attached hydrogens (tertiary/aromatic N) is 3. The van der Waals surface area contributed by atoms with Gasteiger partial charge < -0.3 is 18.6 Å². The molecule has 1 aliphatic heterocycles. The van der Waals surface area contributed by atoms with Crippen LogP contribution < -0.4 is 14.8 Å². The predicted molar refractivity (Wildman–Crippen MR) is 126 cm³/mol. The van der Waals surface area contributed by atoms with E-state index in [2.05, 4.69) is 15.5 Å². The molecule has 4 rings (SSSR count). The third-order valence-corrected chi connectivity index (χ3v) is 7.27. The molecule has 186 valence electrons. The molecule has 1 fully saturated rings. The topological polar surface area (TPSA) is 133 Å². The lowest BCUT2D eigenvalue weighted by atomic mass is 10.2. The van der Waals surface area contributed by atoms with Crippen LogP contribution in [-0.2, 0) is 14.8 Å². The van der Waals surface area contributed by atoms with E-state index < -0.39 is 15.9 Å². The van der Waals surface area contributed by atoms with Gasteiger partial charge in [-0.15, -0.1) is 5.10 Å². The third kappa shape index (κ3) is 5.29. The minimum absolute atomic E-state index is 0.0991. The SMILES string of the molecule is COc1ccc(-c2nnc(NC(=O)c3ccc(S(=O)(=O)N4CC(C)OC(C)C4)cc3)o2)c(OC)c1. The molecule has 11 nitrogen and oxygen atoms in total. The number of morpholine rings is 1. The van der Waals surface area contributed by atoms with Crippen LogP contribution in [0.15, 0.2) is 51.8 Å². The highest BCUT2D eigenvalue weighted by Gasteiger charge is 2.32. The first-order valence-corrected chi connectivity index (χ1v) is 12.3. The van der Waals surface area contributed by atoms with E-state index in [-0.39, 0.29) is 47.7 Å². The van der Waals surface area contributed by atoms with Gasteiger partial charge in [0.05, 0.1) is 36.9 Å². The lowest BCUT2D eigenvalue weighted by molar-refractivity contribution is -0.0440. The Balaban J connectivity index is 1.47. The number of hydrogen-bond acceptors (Lipinski definition) is 9. The highest BCUT2D eigenvalue weighted by Crippen LogP contribution is 2.33. The van der Waals surface area contributed by atoms with E-state index in [0.717, 1.165) is 0 Å². The maximum Gasteiger partial charge on any atom is 0.322 e. The van der Waals surface area contributed by atoms with Crippen LogP contribution in [0.3, 0.4) is 0 Å². The van der Waals surface area contributed by atoms with Crippen molar-refractivity contribution in [3.8, 4) is 23.0 Å². The van der Waals surface area contributed by atoms with E-state index in [1.165, 1.54) is 35.7 Å². The smallest absolute Gasteiger partial charge is 0.322 e. The van der Waals surface area contributed by atoms with Crippen molar-refractivity contribution in [3.05, 3.63) is 48.0 Å². The number of methoxy groups -OCH3 is 2. The lowest BCUT2D eigenvalue weighted by Crippen LogP contribution is -2.48. The number of anilines is 1. The van der Waals surface area contributed by atoms with E-state index in [0.29, 0.717) is 17.1 Å². The summed E-state index contributed by atoms with van der Waals surface area (Å²) in [5.41, 5.74) is 0.761. The molecular weight excluding hydrogens is 476 g/mol. The van der Waals surface area contributed by atoms with Gasteiger partial charge in [0.2, 0.25) is 10.0 Å². The number of nitrogens with one attached hydrogen (secondary N) is 1. The van der Waals surface area contributed by atoms with Gasteiger partial charge in [-0.2, -0.15) is 4.31 Å². The molecule has 0 bridgehead atoms. The Kier molecular flexibility index (Phi) is 7.05. The van der Waals surface area contributed by atoms with Gasteiger partial charge in [0.15, 0.2) is 0 Å². The molecule has 0 aliphatic carbocycles. The van der Waals surface area contributed by atoms with Crippen LogP contribution in [-0.4, -0.2) is 68.3 Å². The molecule has 1 amide bonds. The van der Waals surface area contributed by atoms with Gasteiger partial charge >= 0.3 is 6.01 Å². The molecular formula is C23H26N4O7S. The van der Waals surface area contributed by atoms with Crippen molar-refractivity contribution in [2.45, 2.75) is 31.0 Å². The van der Waals surface area contributed by atoms with Crippen molar-refractivity contribution < 1.29 is 31.8 Å². The molecule has 2 atom stereocenters. The van der Waals surface area contributed by atoms with Gasteiger partial charge in [0.1, 0.15) is 11.5 Å². The first-order chi connectivity index (χ1) is 16.7. The minimum Gasteiger partial charge on any atom is -0.497 e. The second-order valence-electron chi connectivity index (χ2n) is 8.04. The Bertz CT molecular complexity index is 1300. The summed E-state index contributed by atoms with van der Waals surface area (Å²) >= 11 is 0. The second-order valence-corrected chi connectivity index (χ2v) is 9.97. The molecule has 12 heteroatoms. The van der Waals surface area contributed by atoms with Crippen LogP contribution in [0.25, 0.3) is 11.5 Å². The Morgan fingerprint density at radius 3 is 2.34 bits per heavy atom. The molecule has 0 radical (unpaired) electrons. The number of carbonyl (C=O) groups is 1. The van der Waals surface area contributed by atoms with Crippen molar-refractivity contribution in [2.75, 3.05) is 32.6 Å². The fraction of sp³-hybridized carbons (Fsp3) is 0.348. The normalized spacial score (nSPS) is 18.7. The van der Waals surface area contributed by atoms with Crippen LogP contribution in [0.1, 0.15) is 24.2 Å². The van der Waals surface area contributed by atoms with Gasteiger partial charge in [-0.1, -0.05) is 5.10 Å². The largest absolute Gasteiger partial charge is 0.497 e. The van der Waals surface area contributed by atoms with E-state index in [4.69, 9.17) is 18.6 Å². The number of ether oxygens (including phenoxy) is 3. The highest BCUT2D eigenvalue weighted by atomic mass is 32.2. The van der Waals surface area contributed by atoms with Crippen LogP contribution >= 0.6 is 0 Å². The zero-order chi connectivity index (χ0) is 25.2. The summed E-state index contributed by atoms with van der Waals surface area (Å²) in [5, 5.41) is 10.3. The number of rotatable bonds is 7. The summed E-state index contributed by atoms with van der Waals surface area (Å²) in [4.78, 5) is 12.8. The Labute approximate surface area is 203 Å². The van der Waals surface area contributed by atoms with Crippen molar-refractivity contribution in [2.24, 2.45) is 0 Å². The fourth-order valence-electron chi connectivity index (χ4n) is 3.78. The van der Waals surface area contributed by atoms with Crippen LogP contribution in [0.4, 0.5) is 6.01 Å². The molecule has 2 unspecified atom stereocenters. The summed E-state index contributed by atoms with van der Waals surface area (Å²) in [5.74, 6) is 0.683. The Hall–Kier alpha value is -3.48. The molecule has 0 saturated carbocycles. The van der Waals surface area contributed by atoms with Gasteiger partial charge in [-0.3, -0.25) is 10.1 Å². The molecule has 1 saturated heterocycles. The monoisotopic (exact) mass is 502 g/mol. The third-order valence-electron chi connectivity index (χ3n) is 5.42. The molecule has 1 aromatic heterocycles. The van der Waals surface area contributed by atoms with Gasteiger partial charge in [-0.25, -0.2) is 8.42 Å². The Morgan fingerprint density at radius 1 is 1.03 bits per heavy atom. The summed E-state index contributed by atoms with van der Waals surface area (Å²) < 4.78 is 49.1. The van der Waals surface area contributed by atoms with E-state index in [1.54, 1.807) is 25.3 Å². The van der Waals surface area contributed by atoms with Crippen LogP contribution in [0.5, 0.6) is 11.5 Å². The quantitative estimate of drug-likeness (QED) is 0.518. The molecule has 1 N–H and O–H groups in total. The molecule has 2 heterocycles. The zero-order valence-corrected chi connectivity index (χ0v) is 20.5. The first kappa shape index (κ1) is 24.6. The summed E-state index contributed by atoms with van der Waals surface area (Å²) in [6, 6.07) is 10.6. The van der Waals surface area contributed by atoms with Crippen LogP contribution in [0.2, 0.25) is 0 Å². The van der Waals surface area contributed by atoms with E-state index in [9.17, 15) is 13.2 Å². The number of hydrogen-bond donors (Lipinski definition) is 1. The van der Waals surface area contributed by atoms with Crippen molar-refractivity contribution in [3.63, 3.8) is 0 Å². The summed E-state index contributed by atoms with van der Waals surface area (Å²) in [6.07, 6.45) is -0.397. The molecule has 1 aliphatic rings. The number of aromatic nitrogens is 2. The molecule has 0 spiro atoms. The zero-order valence-electron chi connectivity index (χ0n) is 19.7. The Morgan fingerprint density at radius 2 is 1.71 bits per heavy atom. The first-order valence-electron chi connectivity index (χ1n) is 10.8. The fourth-order valence-corrected chi connectivity index (χ4v) is 5.37. The van der Waals surface area contributed by atoms with Gasteiger partial charge in [0, 0.05) is 24.7 Å². The summed E-state index contributed by atoms with van der Waals surface area (Å²) in [7, 11) is -0.665. The molecule has 3 aromatic rings. The summed E-state index contributed by atoms with van der Waals surface area (Å²) in [6.45, 7) is 4.21. The average Bonchev–Trinajstić information content (AvgIpc) is 3.31. The number of benzene rings is 2. The molecule has 35 heavy (non-hydrogen) atoms. The second kappa shape index (κ2) is 10.0. The average molecular weight is 503 g/mol. The molecule has 2 aromatic carbocycles. The predicted octanol–water partition coefficient (Wildman–Crippen LogP) is 2.80. The number of amides is 1. The lowest BCUT2D eigenvalue weighted by Gasteiger charge is -2.34. The van der Waals surface area contributed by atoms with Gasteiger partial charge in [-0.05, 0) is 50.2 Å². The van der Waals surface area contributed by atoms with E-state index >= 15 is 0 Å². The number of sulfonamides is 1. The standard InChI is InChI=1S/C23H26N4O7S/c1-14-12-27(13-15(2)33-14)35(29,30)18-8-5-16(6-9-18)21(28)24-23-26-25-22(34-23)19-10-7-17(31-3)11-20(19)32-4/h5-11,14-15H,12-13H2,1-4H3,(H,24,26,28). The maximum atomic E-state index is 13.0. The maximum absolute atomic E-state index is 13.0. The number of carbonyl (C=O) groups excluding carboxylic acids is 1. The van der Waals surface area contributed by atoms with E-state index in [1.807, 2.05) is 13.8 Å².